The van der Waals surface area contributed by atoms with Crippen LogP contribution in [0, 0.1) is 5.82 Å². The lowest BCUT2D eigenvalue weighted by molar-refractivity contribution is 0.480. The zero-order chi connectivity index (χ0) is 14.7. The third-order valence-electron chi connectivity index (χ3n) is 3.00. The number of nitrogens with one attached hydrogen (secondary N) is 1. The van der Waals surface area contributed by atoms with Crippen LogP contribution in [0.15, 0.2) is 36.4 Å². The highest BCUT2D eigenvalue weighted by Gasteiger charge is 2.09. The van der Waals surface area contributed by atoms with Crippen molar-refractivity contribution in [1.29, 1.82) is 0 Å². The van der Waals surface area contributed by atoms with Crippen LogP contribution in [0.4, 0.5) is 4.39 Å². The van der Waals surface area contributed by atoms with Gasteiger partial charge in [-0.1, -0.05) is 29.3 Å². The molecule has 0 aliphatic rings. The summed E-state index contributed by atoms with van der Waals surface area (Å²) in [4.78, 5) is 0. The van der Waals surface area contributed by atoms with Gasteiger partial charge in [0.25, 0.3) is 0 Å². The van der Waals surface area contributed by atoms with Crippen LogP contribution in [0.5, 0.6) is 11.5 Å². The van der Waals surface area contributed by atoms with Gasteiger partial charge in [0.15, 0.2) is 0 Å². The van der Waals surface area contributed by atoms with Crippen LogP contribution in [0.1, 0.15) is 18.5 Å². The molecule has 1 atom stereocenters. The lowest BCUT2D eigenvalue weighted by atomic mass is 10.1. The van der Waals surface area contributed by atoms with Gasteiger partial charge in [-0.3, -0.25) is 0 Å². The Labute approximate surface area is 127 Å². The predicted molar refractivity (Wildman–Crippen MR) is 80.4 cm³/mol. The number of hydrogen-bond donors (Lipinski definition) is 1. The second-order valence-electron chi connectivity index (χ2n) is 4.37. The van der Waals surface area contributed by atoms with Gasteiger partial charge >= 0.3 is 0 Å². The monoisotopic (exact) mass is 313 g/mol. The van der Waals surface area contributed by atoms with Crippen molar-refractivity contribution in [3.63, 3.8) is 0 Å². The summed E-state index contributed by atoms with van der Waals surface area (Å²) in [7, 11) is 1.87. The van der Waals surface area contributed by atoms with Crippen LogP contribution in [0.3, 0.4) is 0 Å². The zero-order valence-corrected chi connectivity index (χ0v) is 12.6. The summed E-state index contributed by atoms with van der Waals surface area (Å²) in [5.74, 6) is 0.557. The average molecular weight is 314 g/mol. The molecule has 0 radical (unpaired) electrons. The molecule has 0 aromatic heterocycles. The minimum atomic E-state index is -0.477. The van der Waals surface area contributed by atoms with Crippen molar-refractivity contribution in [3.8, 4) is 11.5 Å². The second-order valence-corrected chi connectivity index (χ2v) is 5.19. The molecule has 0 saturated carbocycles. The lowest BCUT2D eigenvalue weighted by Crippen LogP contribution is -2.12. The molecular formula is C15H14Cl2FNO. The van der Waals surface area contributed by atoms with E-state index in [4.69, 9.17) is 27.9 Å². The van der Waals surface area contributed by atoms with Crippen molar-refractivity contribution < 1.29 is 9.13 Å². The summed E-state index contributed by atoms with van der Waals surface area (Å²) in [6, 6.07) is 9.78. The maximum atomic E-state index is 13.1. The number of rotatable bonds is 4. The number of benzene rings is 2. The average Bonchev–Trinajstić information content (AvgIpc) is 2.42. The molecule has 0 amide bonds. The molecule has 0 aliphatic heterocycles. The second kappa shape index (κ2) is 6.44. The van der Waals surface area contributed by atoms with E-state index in [2.05, 4.69) is 5.32 Å². The van der Waals surface area contributed by atoms with E-state index >= 15 is 0 Å². The molecule has 2 rings (SSSR count). The summed E-state index contributed by atoms with van der Waals surface area (Å²) < 4.78 is 18.7. The molecule has 1 N–H and O–H groups in total. The summed E-state index contributed by atoms with van der Waals surface area (Å²) in [6.45, 7) is 2.02. The van der Waals surface area contributed by atoms with Gasteiger partial charge in [0, 0.05) is 17.1 Å². The SMILES string of the molecule is CNC(C)c1ccc(Oc2ccc(F)c(Cl)c2)cc1Cl. The Morgan fingerprint density at radius 1 is 1.05 bits per heavy atom. The Morgan fingerprint density at radius 3 is 2.20 bits per heavy atom. The Balaban J connectivity index is 2.22. The summed E-state index contributed by atoms with van der Waals surface area (Å²) >= 11 is 11.9. The van der Waals surface area contributed by atoms with E-state index in [1.54, 1.807) is 6.07 Å². The highest BCUT2D eigenvalue weighted by atomic mass is 35.5. The van der Waals surface area contributed by atoms with Crippen molar-refractivity contribution in [2.24, 2.45) is 0 Å². The van der Waals surface area contributed by atoms with E-state index in [0.717, 1.165) is 5.56 Å². The molecule has 2 aromatic carbocycles. The Morgan fingerprint density at radius 2 is 1.65 bits per heavy atom. The van der Waals surface area contributed by atoms with Gasteiger partial charge in [0.1, 0.15) is 17.3 Å². The summed E-state index contributed by atoms with van der Waals surface area (Å²) in [6.07, 6.45) is 0. The van der Waals surface area contributed by atoms with Crippen molar-refractivity contribution in [2.75, 3.05) is 7.05 Å². The maximum absolute atomic E-state index is 13.1. The summed E-state index contributed by atoms with van der Waals surface area (Å²) in [5, 5.41) is 3.75. The molecule has 0 aliphatic carbocycles. The topological polar surface area (TPSA) is 21.3 Å². The fourth-order valence-electron chi connectivity index (χ4n) is 1.75. The molecular weight excluding hydrogens is 300 g/mol. The van der Waals surface area contributed by atoms with Gasteiger partial charge in [-0.2, -0.15) is 0 Å². The van der Waals surface area contributed by atoms with Gasteiger partial charge in [-0.25, -0.2) is 4.39 Å². The normalized spacial score (nSPS) is 12.2. The van der Waals surface area contributed by atoms with Crippen molar-refractivity contribution >= 4 is 23.2 Å². The number of ether oxygens (including phenoxy) is 1. The molecule has 0 heterocycles. The first-order valence-electron chi connectivity index (χ1n) is 6.11. The molecule has 0 spiro atoms. The van der Waals surface area contributed by atoms with Crippen LogP contribution in [0.2, 0.25) is 10.0 Å². The first kappa shape index (κ1) is 15.1. The molecule has 1 unspecified atom stereocenters. The Bertz CT molecular complexity index is 619. The van der Waals surface area contributed by atoms with Gasteiger partial charge in [0.2, 0.25) is 0 Å². The summed E-state index contributed by atoms with van der Waals surface area (Å²) in [5.41, 5.74) is 0.985. The lowest BCUT2D eigenvalue weighted by Gasteiger charge is -2.14. The quantitative estimate of drug-likeness (QED) is 0.837. The maximum Gasteiger partial charge on any atom is 0.142 e. The standard InChI is InChI=1S/C15H14Cl2FNO/c1-9(19-2)12-5-3-10(7-13(12)16)20-11-4-6-15(18)14(17)8-11/h3-9,19H,1-2H3. The highest BCUT2D eigenvalue weighted by molar-refractivity contribution is 6.31. The predicted octanol–water partition coefficient (Wildman–Crippen LogP) is 5.21. The minimum Gasteiger partial charge on any atom is -0.457 e. The van der Waals surface area contributed by atoms with Crippen LogP contribution >= 0.6 is 23.2 Å². The van der Waals surface area contributed by atoms with E-state index in [9.17, 15) is 4.39 Å². The van der Waals surface area contributed by atoms with E-state index in [-0.39, 0.29) is 11.1 Å². The molecule has 5 heteroatoms. The minimum absolute atomic E-state index is 0.0222. The van der Waals surface area contributed by atoms with Gasteiger partial charge in [-0.05, 0) is 43.8 Å². The largest absolute Gasteiger partial charge is 0.457 e. The van der Waals surface area contributed by atoms with E-state index in [1.165, 1.54) is 18.2 Å². The fourth-order valence-corrected chi connectivity index (χ4v) is 2.26. The number of hydrogen-bond acceptors (Lipinski definition) is 2. The van der Waals surface area contributed by atoms with E-state index in [0.29, 0.717) is 16.5 Å². The molecule has 0 bridgehead atoms. The highest BCUT2D eigenvalue weighted by Crippen LogP contribution is 2.31. The molecule has 106 valence electrons. The van der Waals surface area contributed by atoms with Crippen LogP contribution in [0.25, 0.3) is 0 Å². The van der Waals surface area contributed by atoms with Gasteiger partial charge in [0.05, 0.1) is 5.02 Å². The third-order valence-corrected chi connectivity index (χ3v) is 3.62. The zero-order valence-electron chi connectivity index (χ0n) is 11.1. The van der Waals surface area contributed by atoms with Crippen molar-refractivity contribution in [2.45, 2.75) is 13.0 Å². The van der Waals surface area contributed by atoms with Crippen molar-refractivity contribution in [3.05, 3.63) is 57.8 Å². The first-order valence-corrected chi connectivity index (χ1v) is 6.86. The number of halogens is 3. The Kier molecular flexibility index (Phi) is 4.86. The smallest absolute Gasteiger partial charge is 0.142 e. The molecule has 0 saturated heterocycles. The van der Waals surface area contributed by atoms with E-state index < -0.39 is 5.82 Å². The third kappa shape index (κ3) is 3.42. The van der Waals surface area contributed by atoms with E-state index in [1.807, 2.05) is 26.1 Å². The molecule has 0 fully saturated rings. The van der Waals surface area contributed by atoms with Crippen LogP contribution in [-0.2, 0) is 0 Å². The fraction of sp³-hybridized carbons (Fsp3) is 0.200. The molecule has 2 nitrogen and oxygen atoms in total. The van der Waals surface area contributed by atoms with Crippen LogP contribution in [-0.4, -0.2) is 7.05 Å². The first-order chi connectivity index (χ1) is 9.51. The van der Waals surface area contributed by atoms with Gasteiger partial charge < -0.3 is 10.1 Å². The molecule has 20 heavy (non-hydrogen) atoms. The van der Waals surface area contributed by atoms with Crippen LogP contribution < -0.4 is 10.1 Å². The Hall–Kier alpha value is -1.29. The molecule has 2 aromatic rings. The van der Waals surface area contributed by atoms with Crippen molar-refractivity contribution in [1.82, 2.24) is 5.32 Å². The van der Waals surface area contributed by atoms with Gasteiger partial charge in [-0.15, -0.1) is 0 Å².